The SMILES string of the molecule is CCCC(C=C(C=O)CCC(C)C)CC. The summed E-state index contributed by atoms with van der Waals surface area (Å²) in [5, 5.41) is 0. The van der Waals surface area contributed by atoms with Gasteiger partial charge < -0.3 is 0 Å². The Kier molecular flexibility index (Phi) is 8.35. The molecule has 0 aromatic carbocycles. The Balaban J connectivity index is 4.21. The van der Waals surface area contributed by atoms with Gasteiger partial charge in [0.15, 0.2) is 0 Å². The molecule has 15 heavy (non-hydrogen) atoms. The van der Waals surface area contributed by atoms with Crippen molar-refractivity contribution < 1.29 is 4.79 Å². The smallest absolute Gasteiger partial charge is 0.145 e. The van der Waals surface area contributed by atoms with Crippen LogP contribution in [0.2, 0.25) is 0 Å². The Hall–Kier alpha value is -0.590. The highest BCUT2D eigenvalue weighted by atomic mass is 16.1. The Bertz CT molecular complexity index is 192. The van der Waals surface area contributed by atoms with Crippen molar-refractivity contribution in [3.8, 4) is 0 Å². The second-order valence-corrected chi connectivity index (χ2v) is 4.75. The maximum Gasteiger partial charge on any atom is 0.145 e. The molecule has 0 aliphatic heterocycles. The number of hydrogen-bond acceptors (Lipinski definition) is 1. The minimum atomic E-state index is 0.599. The summed E-state index contributed by atoms with van der Waals surface area (Å²) in [6, 6.07) is 0. The van der Waals surface area contributed by atoms with Crippen LogP contribution in [-0.2, 0) is 4.79 Å². The molecule has 1 heteroatoms. The molecule has 0 aliphatic carbocycles. The summed E-state index contributed by atoms with van der Waals surface area (Å²) < 4.78 is 0. The van der Waals surface area contributed by atoms with Gasteiger partial charge in [0.1, 0.15) is 6.29 Å². The fourth-order valence-electron chi connectivity index (χ4n) is 1.72. The molecular weight excluding hydrogens is 184 g/mol. The fraction of sp³-hybridized carbons (Fsp3) is 0.786. The molecule has 0 saturated heterocycles. The number of carbonyl (C=O) groups excluding carboxylic acids is 1. The quantitative estimate of drug-likeness (QED) is 0.429. The van der Waals surface area contributed by atoms with Gasteiger partial charge in [-0.1, -0.05) is 40.2 Å². The van der Waals surface area contributed by atoms with Crippen LogP contribution in [-0.4, -0.2) is 6.29 Å². The predicted octanol–water partition coefficient (Wildman–Crippen LogP) is 4.37. The van der Waals surface area contributed by atoms with Crippen LogP contribution in [0.25, 0.3) is 0 Å². The van der Waals surface area contributed by atoms with Gasteiger partial charge in [-0.05, 0) is 43.1 Å². The van der Waals surface area contributed by atoms with E-state index in [1.807, 2.05) is 0 Å². The van der Waals surface area contributed by atoms with E-state index >= 15 is 0 Å². The van der Waals surface area contributed by atoms with E-state index in [0.29, 0.717) is 11.8 Å². The minimum absolute atomic E-state index is 0.599. The van der Waals surface area contributed by atoms with Crippen LogP contribution in [0.15, 0.2) is 11.6 Å². The highest BCUT2D eigenvalue weighted by Gasteiger charge is 2.05. The van der Waals surface area contributed by atoms with E-state index in [-0.39, 0.29) is 0 Å². The van der Waals surface area contributed by atoms with E-state index < -0.39 is 0 Å². The zero-order valence-corrected chi connectivity index (χ0v) is 10.8. The van der Waals surface area contributed by atoms with Crippen LogP contribution in [0.5, 0.6) is 0 Å². The van der Waals surface area contributed by atoms with Gasteiger partial charge in [0.05, 0.1) is 0 Å². The lowest BCUT2D eigenvalue weighted by Gasteiger charge is -2.10. The van der Waals surface area contributed by atoms with Gasteiger partial charge in [-0.3, -0.25) is 4.79 Å². The first-order valence-corrected chi connectivity index (χ1v) is 6.29. The van der Waals surface area contributed by atoms with Crippen molar-refractivity contribution in [2.75, 3.05) is 0 Å². The van der Waals surface area contributed by atoms with E-state index in [1.165, 1.54) is 12.8 Å². The van der Waals surface area contributed by atoms with Gasteiger partial charge in [-0.15, -0.1) is 0 Å². The first-order chi connectivity index (χ1) is 7.13. The number of carbonyl (C=O) groups is 1. The van der Waals surface area contributed by atoms with Gasteiger partial charge in [0, 0.05) is 0 Å². The van der Waals surface area contributed by atoms with E-state index in [4.69, 9.17) is 0 Å². The summed E-state index contributed by atoms with van der Waals surface area (Å²) >= 11 is 0. The molecule has 0 N–H and O–H groups in total. The molecule has 0 heterocycles. The zero-order valence-electron chi connectivity index (χ0n) is 10.8. The minimum Gasteiger partial charge on any atom is -0.298 e. The molecule has 0 rings (SSSR count). The second-order valence-electron chi connectivity index (χ2n) is 4.75. The molecule has 0 fully saturated rings. The average Bonchev–Trinajstić information content (AvgIpc) is 2.22. The van der Waals surface area contributed by atoms with Crippen molar-refractivity contribution in [2.24, 2.45) is 11.8 Å². The van der Waals surface area contributed by atoms with E-state index in [1.54, 1.807) is 0 Å². The molecular formula is C14H26O. The summed E-state index contributed by atoms with van der Waals surface area (Å²) in [5.41, 5.74) is 1.00. The van der Waals surface area contributed by atoms with Crippen molar-refractivity contribution in [1.29, 1.82) is 0 Å². The van der Waals surface area contributed by atoms with Crippen LogP contribution in [0, 0.1) is 11.8 Å². The molecule has 0 amide bonds. The van der Waals surface area contributed by atoms with Gasteiger partial charge >= 0.3 is 0 Å². The molecule has 0 aromatic rings. The lowest BCUT2D eigenvalue weighted by Crippen LogP contribution is -1.98. The third kappa shape index (κ3) is 7.35. The standard InChI is InChI=1S/C14H26O/c1-5-7-13(6-2)10-14(11-15)9-8-12(3)4/h10-13H,5-9H2,1-4H3. The highest BCUT2D eigenvalue weighted by Crippen LogP contribution is 2.17. The topological polar surface area (TPSA) is 17.1 Å². The van der Waals surface area contributed by atoms with Crippen molar-refractivity contribution in [3.63, 3.8) is 0 Å². The average molecular weight is 210 g/mol. The third-order valence-corrected chi connectivity index (χ3v) is 2.80. The second kappa shape index (κ2) is 8.70. The number of rotatable bonds is 8. The summed E-state index contributed by atoms with van der Waals surface area (Å²) in [7, 11) is 0. The van der Waals surface area contributed by atoms with E-state index in [9.17, 15) is 4.79 Å². The normalized spacial score (nSPS) is 14.3. The fourth-order valence-corrected chi connectivity index (χ4v) is 1.72. The van der Waals surface area contributed by atoms with Crippen molar-refractivity contribution in [1.82, 2.24) is 0 Å². The maximum absolute atomic E-state index is 10.9. The Morgan fingerprint density at radius 1 is 1.20 bits per heavy atom. The van der Waals surface area contributed by atoms with Gasteiger partial charge in [-0.2, -0.15) is 0 Å². The highest BCUT2D eigenvalue weighted by molar-refractivity contribution is 5.73. The molecule has 0 aromatic heterocycles. The Morgan fingerprint density at radius 2 is 1.87 bits per heavy atom. The maximum atomic E-state index is 10.9. The number of aldehydes is 1. The number of hydrogen-bond donors (Lipinski definition) is 0. The zero-order chi connectivity index (χ0) is 11.7. The van der Waals surface area contributed by atoms with Crippen LogP contribution in [0.3, 0.4) is 0 Å². The summed E-state index contributed by atoms with van der Waals surface area (Å²) in [4.78, 5) is 10.9. The molecule has 1 nitrogen and oxygen atoms in total. The van der Waals surface area contributed by atoms with Crippen molar-refractivity contribution >= 4 is 6.29 Å². The molecule has 0 radical (unpaired) electrons. The molecule has 1 unspecified atom stereocenters. The Morgan fingerprint density at radius 3 is 2.27 bits per heavy atom. The lowest BCUT2D eigenvalue weighted by atomic mass is 9.95. The first kappa shape index (κ1) is 14.4. The lowest BCUT2D eigenvalue weighted by molar-refractivity contribution is -0.105. The van der Waals surface area contributed by atoms with Crippen LogP contribution in [0.1, 0.15) is 59.8 Å². The molecule has 0 spiro atoms. The third-order valence-electron chi connectivity index (χ3n) is 2.80. The summed E-state index contributed by atoms with van der Waals surface area (Å²) in [6.45, 7) is 8.80. The van der Waals surface area contributed by atoms with Crippen molar-refractivity contribution in [3.05, 3.63) is 11.6 Å². The van der Waals surface area contributed by atoms with E-state index in [0.717, 1.165) is 31.1 Å². The van der Waals surface area contributed by atoms with Crippen LogP contribution in [0.4, 0.5) is 0 Å². The van der Waals surface area contributed by atoms with Crippen molar-refractivity contribution in [2.45, 2.75) is 59.8 Å². The Labute approximate surface area is 95.0 Å². The first-order valence-electron chi connectivity index (χ1n) is 6.29. The predicted molar refractivity (Wildman–Crippen MR) is 66.9 cm³/mol. The largest absolute Gasteiger partial charge is 0.298 e. The monoisotopic (exact) mass is 210 g/mol. The summed E-state index contributed by atoms with van der Waals surface area (Å²) in [5.74, 6) is 1.28. The summed E-state index contributed by atoms with van der Waals surface area (Å²) in [6.07, 6.45) is 8.85. The molecule has 1 atom stereocenters. The van der Waals surface area contributed by atoms with Gasteiger partial charge in [-0.25, -0.2) is 0 Å². The molecule has 0 saturated carbocycles. The van der Waals surface area contributed by atoms with E-state index in [2.05, 4.69) is 33.8 Å². The number of allylic oxidation sites excluding steroid dienone is 2. The van der Waals surface area contributed by atoms with Crippen LogP contribution < -0.4 is 0 Å². The molecule has 0 aliphatic rings. The molecule has 0 bridgehead atoms. The van der Waals surface area contributed by atoms with Crippen LogP contribution >= 0.6 is 0 Å². The van der Waals surface area contributed by atoms with Gasteiger partial charge in [0.2, 0.25) is 0 Å². The van der Waals surface area contributed by atoms with Gasteiger partial charge in [0.25, 0.3) is 0 Å². The molecule has 88 valence electrons.